The predicted octanol–water partition coefficient (Wildman–Crippen LogP) is 2.64. The van der Waals surface area contributed by atoms with Crippen LogP contribution in [0.15, 0.2) is 24.3 Å². The van der Waals surface area contributed by atoms with E-state index in [1.54, 1.807) is 0 Å². The van der Waals surface area contributed by atoms with Crippen molar-refractivity contribution in [2.75, 3.05) is 13.2 Å². The van der Waals surface area contributed by atoms with Gasteiger partial charge in [-0.1, -0.05) is 38.1 Å². The molecule has 15 heavy (non-hydrogen) atoms. The van der Waals surface area contributed by atoms with Crippen LogP contribution in [-0.2, 0) is 4.74 Å². The third-order valence-electron chi connectivity index (χ3n) is 2.88. The van der Waals surface area contributed by atoms with Crippen molar-refractivity contribution in [1.29, 1.82) is 0 Å². The minimum Gasteiger partial charge on any atom is -0.358 e. The van der Waals surface area contributed by atoms with Crippen LogP contribution in [0, 0.1) is 12.3 Å². The van der Waals surface area contributed by atoms with Crippen LogP contribution in [0.3, 0.4) is 0 Å². The molecule has 0 radical (unpaired) electrons. The third kappa shape index (κ3) is 2.39. The van der Waals surface area contributed by atoms with Gasteiger partial charge in [-0.2, -0.15) is 0 Å². The fraction of sp³-hybridized carbons (Fsp3) is 0.538. The Labute approximate surface area is 91.6 Å². The summed E-state index contributed by atoms with van der Waals surface area (Å²) in [7, 11) is 0. The zero-order chi connectivity index (χ0) is 10.9. The first-order chi connectivity index (χ1) is 7.08. The van der Waals surface area contributed by atoms with Crippen molar-refractivity contribution in [1.82, 2.24) is 5.32 Å². The highest BCUT2D eigenvalue weighted by molar-refractivity contribution is 5.27. The van der Waals surface area contributed by atoms with Gasteiger partial charge in [0.25, 0.3) is 0 Å². The van der Waals surface area contributed by atoms with E-state index < -0.39 is 0 Å². The molecule has 0 spiro atoms. The van der Waals surface area contributed by atoms with E-state index in [2.05, 4.69) is 50.4 Å². The monoisotopic (exact) mass is 205 g/mol. The van der Waals surface area contributed by atoms with Gasteiger partial charge in [0.1, 0.15) is 6.23 Å². The highest BCUT2D eigenvalue weighted by Crippen LogP contribution is 2.27. The lowest BCUT2D eigenvalue weighted by Gasteiger charge is -2.36. The number of aryl methyl sites for hydroxylation is 1. The van der Waals surface area contributed by atoms with Gasteiger partial charge in [0, 0.05) is 12.0 Å². The Hall–Kier alpha value is -0.860. The summed E-state index contributed by atoms with van der Waals surface area (Å²) in [5.74, 6) is 0. The van der Waals surface area contributed by atoms with Crippen LogP contribution in [-0.4, -0.2) is 13.2 Å². The van der Waals surface area contributed by atoms with E-state index >= 15 is 0 Å². The fourth-order valence-electron chi connectivity index (χ4n) is 1.87. The van der Waals surface area contributed by atoms with Gasteiger partial charge >= 0.3 is 0 Å². The SMILES string of the molecule is Cc1ccccc1C1NCC(C)(C)CO1. The number of rotatable bonds is 1. The first-order valence-electron chi connectivity index (χ1n) is 5.49. The van der Waals surface area contributed by atoms with Gasteiger partial charge in [0.05, 0.1) is 6.61 Å². The van der Waals surface area contributed by atoms with Crippen LogP contribution in [0.1, 0.15) is 31.2 Å². The molecule has 82 valence electrons. The Bertz CT molecular complexity index is 336. The Kier molecular flexibility index (Phi) is 2.81. The summed E-state index contributed by atoms with van der Waals surface area (Å²) in [5.41, 5.74) is 2.79. The standard InChI is InChI=1S/C13H19NO/c1-10-6-4-5-7-11(10)12-14-8-13(2,3)9-15-12/h4-7,12,14H,8-9H2,1-3H3. The first-order valence-corrected chi connectivity index (χ1v) is 5.49. The molecule has 0 bridgehead atoms. The lowest BCUT2D eigenvalue weighted by molar-refractivity contribution is -0.0597. The molecule has 1 aromatic rings. The lowest BCUT2D eigenvalue weighted by atomic mass is 9.93. The largest absolute Gasteiger partial charge is 0.358 e. The number of nitrogens with one attached hydrogen (secondary N) is 1. The van der Waals surface area contributed by atoms with Crippen LogP contribution in [0.25, 0.3) is 0 Å². The average Bonchev–Trinajstić information content (AvgIpc) is 2.19. The van der Waals surface area contributed by atoms with Crippen molar-refractivity contribution in [3.8, 4) is 0 Å². The average molecular weight is 205 g/mol. The summed E-state index contributed by atoms with van der Waals surface area (Å²) in [6.07, 6.45) is 0.0687. The Morgan fingerprint density at radius 2 is 2.07 bits per heavy atom. The van der Waals surface area contributed by atoms with Crippen molar-refractivity contribution < 1.29 is 4.74 Å². The highest BCUT2D eigenvalue weighted by atomic mass is 16.5. The predicted molar refractivity (Wildman–Crippen MR) is 61.7 cm³/mol. The van der Waals surface area contributed by atoms with Crippen molar-refractivity contribution in [2.45, 2.75) is 27.0 Å². The number of benzene rings is 1. The zero-order valence-electron chi connectivity index (χ0n) is 9.71. The van der Waals surface area contributed by atoms with Crippen LogP contribution in [0.5, 0.6) is 0 Å². The summed E-state index contributed by atoms with van der Waals surface area (Å²) < 4.78 is 5.85. The quantitative estimate of drug-likeness (QED) is 0.761. The maximum Gasteiger partial charge on any atom is 0.134 e. The first kappa shape index (κ1) is 10.7. The Morgan fingerprint density at radius 1 is 1.33 bits per heavy atom. The summed E-state index contributed by atoms with van der Waals surface area (Å²) in [6.45, 7) is 8.38. The third-order valence-corrected chi connectivity index (χ3v) is 2.88. The summed E-state index contributed by atoms with van der Waals surface area (Å²) >= 11 is 0. The second-order valence-electron chi connectivity index (χ2n) is 5.09. The van der Waals surface area contributed by atoms with Crippen molar-refractivity contribution in [3.05, 3.63) is 35.4 Å². The second-order valence-corrected chi connectivity index (χ2v) is 5.09. The van der Waals surface area contributed by atoms with Gasteiger partial charge in [-0.25, -0.2) is 0 Å². The fourth-order valence-corrected chi connectivity index (χ4v) is 1.87. The van der Waals surface area contributed by atoms with E-state index in [1.165, 1.54) is 11.1 Å². The molecule has 1 atom stereocenters. The normalized spacial score (nSPS) is 25.1. The van der Waals surface area contributed by atoms with Crippen molar-refractivity contribution in [2.24, 2.45) is 5.41 Å². The van der Waals surface area contributed by atoms with Crippen molar-refractivity contribution in [3.63, 3.8) is 0 Å². The molecule has 1 fully saturated rings. The maximum absolute atomic E-state index is 5.85. The van der Waals surface area contributed by atoms with E-state index in [4.69, 9.17) is 4.74 Å². The van der Waals surface area contributed by atoms with E-state index in [0.717, 1.165) is 13.2 Å². The van der Waals surface area contributed by atoms with Gasteiger partial charge in [-0.05, 0) is 18.1 Å². The second kappa shape index (κ2) is 3.95. The number of ether oxygens (including phenoxy) is 1. The van der Waals surface area contributed by atoms with Gasteiger partial charge in [-0.15, -0.1) is 0 Å². The minimum atomic E-state index is 0.0687. The molecule has 1 N–H and O–H groups in total. The molecule has 0 saturated carbocycles. The van der Waals surface area contributed by atoms with Crippen LogP contribution in [0.2, 0.25) is 0 Å². The smallest absolute Gasteiger partial charge is 0.134 e. The van der Waals surface area contributed by atoms with Gasteiger partial charge in [0.15, 0.2) is 0 Å². The van der Waals surface area contributed by atoms with E-state index in [-0.39, 0.29) is 11.6 Å². The molecular weight excluding hydrogens is 186 g/mol. The summed E-state index contributed by atoms with van der Waals surface area (Å²) in [5, 5.41) is 3.44. The highest BCUT2D eigenvalue weighted by Gasteiger charge is 2.28. The molecule has 1 unspecified atom stereocenters. The van der Waals surface area contributed by atoms with Crippen LogP contribution in [0.4, 0.5) is 0 Å². The van der Waals surface area contributed by atoms with Gasteiger partial charge in [0.2, 0.25) is 0 Å². The lowest BCUT2D eigenvalue weighted by Crippen LogP contribution is -2.43. The molecule has 0 aromatic heterocycles. The summed E-state index contributed by atoms with van der Waals surface area (Å²) in [4.78, 5) is 0. The molecule has 2 heteroatoms. The van der Waals surface area contributed by atoms with E-state index in [9.17, 15) is 0 Å². The molecule has 0 aliphatic carbocycles. The summed E-state index contributed by atoms with van der Waals surface area (Å²) in [6, 6.07) is 8.38. The van der Waals surface area contributed by atoms with E-state index in [1.807, 2.05) is 0 Å². The molecule has 1 aliphatic rings. The number of hydrogen-bond donors (Lipinski definition) is 1. The van der Waals surface area contributed by atoms with Crippen LogP contribution >= 0.6 is 0 Å². The van der Waals surface area contributed by atoms with Gasteiger partial charge < -0.3 is 4.74 Å². The van der Waals surface area contributed by atoms with Crippen LogP contribution < -0.4 is 5.32 Å². The molecule has 2 rings (SSSR count). The Morgan fingerprint density at radius 3 is 2.67 bits per heavy atom. The number of hydrogen-bond acceptors (Lipinski definition) is 2. The Balaban J connectivity index is 2.11. The topological polar surface area (TPSA) is 21.3 Å². The van der Waals surface area contributed by atoms with E-state index in [0.29, 0.717) is 0 Å². The molecule has 1 aromatic carbocycles. The molecule has 1 heterocycles. The molecule has 1 saturated heterocycles. The molecular formula is C13H19NO. The van der Waals surface area contributed by atoms with Crippen molar-refractivity contribution >= 4 is 0 Å². The maximum atomic E-state index is 5.85. The van der Waals surface area contributed by atoms with Gasteiger partial charge in [-0.3, -0.25) is 5.32 Å². The zero-order valence-corrected chi connectivity index (χ0v) is 9.71. The molecule has 1 aliphatic heterocycles. The minimum absolute atomic E-state index is 0.0687. The molecule has 2 nitrogen and oxygen atoms in total. The molecule has 0 amide bonds.